The molecule has 2 aromatic carbocycles. The topological polar surface area (TPSA) is 153 Å². The third-order valence-electron chi connectivity index (χ3n) is 7.45. The second kappa shape index (κ2) is 10.6. The van der Waals surface area contributed by atoms with E-state index in [0.29, 0.717) is 11.3 Å². The number of fused-ring (bicyclic) bond motifs is 4. The number of ether oxygens (including phenoxy) is 1. The minimum absolute atomic E-state index is 0.0840. The van der Waals surface area contributed by atoms with Crippen LogP contribution in [-0.2, 0) is 29.4 Å². The predicted octanol–water partition coefficient (Wildman–Crippen LogP) is 3.39. The Kier molecular flexibility index (Phi) is 7.50. The third kappa shape index (κ3) is 5.02. The van der Waals surface area contributed by atoms with E-state index in [-0.39, 0.29) is 46.0 Å². The number of thiophene rings is 1. The summed E-state index contributed by atoms with van der Waals surface area (Å²) in [6.45, 7) is 3.19. The lowest BCUT2D eigenvalue weighted by Gasteiger charge is -2.36. The molecule has 1 aromatic heterocycles. The van der Waals surface area contributed by atoms with Crippen molar-refractivity contribution in [1.82, 2.24) is 10.2 Å². The number of nitrogens with one attached hydrogen (secondary N) is 1. The summed E-state index contributed by atoms with van der Waals surface area (Å²) in [6, 6.07) is 16.4. The van der Waals surface area contributed by atoms with E-state index in [1.54, 1.807) is 6.92 Å². The van der Waals surface area contributed by atoms with Gasteiger partial charge in [-0.25, -0.2) is 26.8 Å². The Morgan fingerprint density at radius 2 is 1.68 bits per heavy atom. The minimum Gasteiger partial charge on any atom is -0.449 e. The molecular formula is C27H29N3O7S3. The van der Waals surface area contributed by atoms with Crippen LogP contribution >= 0.6 is 11.3 Å². The van der Waals surface area contributed by atoms with Gasteiger partial charge >= 0.3 is 6.09 Å². The lowest BCUT2D eigenvalue weighted by molar-refractivity contribution is -0.132. The van der Waals surface area contributed by atoms with E-state index in [9.17, 15) is 26.4 Å². The van der Waals surface area contributed by atoms with Gasteiger partial charge in [0.1, 0.15) is 21.6 Å². The van der Waals surface area contributed by atoms with Gasteiger partial charge in [0.2, 0.25) is 15.9 Å². The molecule has 0 bridgehead atoms. The summed E-state index contributed by atoms with van der Waals surface area (Å²) in [5.41, 5.74) is 4.56. The molecule has 0 unspecified atom stereocenters. The molecule has 13 heteroatoms. The van der Waals surface area contributed by atoms with Crippen LogP contribution < -0.4 is 10.5 Å². The molecule has 0 saturated heterocycles. The zero-order valence-electron chi connectivity index (χ0n) is 21.9. The lowest BCUT2D eigenvalue weighted by Crippen LogP contribution is -2.44. The van der Waals surface area contributed by atoms with E-state index >= 15 is 0 Å². The summed E-state index contributed by atoms with van der Waals surface area (Å²) in [4.78, 5) is 27.3. The number of sulfone groups is 1. The van der Waals surface area contributed by atoms with Crippen molar-refractivity contribution in [2.24, 2.45) is 5.14 Å². The second-order valence-corrected chi connectivity index (χ2v) is 15.2. The minimum atomic E-state index is -4.14. The number of benzene rings is 2. The Morgan fingerprint density at radius 3 is 2.25 bits per heavy atom. The number of alkyl carbamates (subject to hydrolysis) is 1. The normalized spacial score (nSPS) is 19.3. The molecule has 212 valence electrons. The molecule has 0 saturated carbocycles. The van der Waals surface area contributed by atoms with E-state index < -0.39 is 43.2 Å². The number of primary sulfonamides is 1. The molecule has 1 aliphatic heterocycles. The Hall–Kier alpha value is -3.26. The molecule has 2 amide bonds. The van der Waals surface area contributed by atoms with Gasteiger partial charge in [0.25, 0.3) is 0 Å². The first-order chi connectivity index (χ1) is 18.9. The van der Waals surface area contributed by atoms with E-state index in [0.717, 1.165) is 22.3 Å². The van der Waals surface area contributed by atoms with Gasteiger partial charge in [-0.1, -0.05) is 48.5 Å². The van der Waals surface area contributed by atoms with Crippen LogP contribution in [0.4, 0.5) is 4.79 Å². The molecule has 40 heavy (non-hydrogen) atoms. The number of hydrogen-bond donors (Lipinski definition) is 2. The number of carbonyl (C=O) groups excluding carboxylic acids is 2. The fraction of sp³-hybridized carbons (Fsp3) is 0.333. The van der Waals surface area contributed by atoms with Crippen LogP contribution in [0.15, 0.2) is 63.0 Å². The zero-order chi connectivity index (χ0) is 28.8. The van der Waals surface area contributed by atoms with Crippen LogP contribution in [0, 0.1) is 0 Å². The first-order valence-corrected chi connectivity index (χ1v) is 16.6. The molecule has 3 aromatic rings. The number of rotatable bonds is 7. The van der Waals surface area contributed by atoms with Gasteiger partial charge in [0.05, 0.1) is 11.3 Å². The molecule has 0 fully saturated rings. The fourth-order valence-corrected chi connectivity index (χ4v) is 9.87. The fourth-order valence-electron chi connectivity index (χ4n) is 5.48. The van der Waals surface area contributed by atoms with Crippen LogP contribution in [0.25, 0.3) is 11.1 Å². The maximum atomic E-state index is 13.2. The first kappa shape index (κ1) is 28.3. The van der Waals surface area contributed by atoms with Crippen LogP contribution in [-0.4, -0.2) is 58.7 Å². The monoisotopic (exact) mass is 603 g/mol. The highest BCUT2D eigenvalue weighted by molar-refractivity contribution is 7.95. The zero-order valence-corrected chi connectivity index (χ0v) is 24.3. The van der Waals surface area contributed by atoms with Crippen molar-refractivity contribution in [3.63, 3.8) is 0 Å². The van der Waals surface area contributed by atoms with Gasteiger partial charge in [0, 0.05) is 18.0 Å². The van der Waals surface area contributed by atoms with Crippen molar-refractivity contribution in [3.05, 3.63) is 71.3 Å². The number of hydrogen-bond acceptors (Lipinski definition) is 8. The number of carbonyl (C=O) groups is 2. The standard InChI is InChI=1S/C27H29N3O7S3/c1-3-30(23-12-16(2)39(33,34)26-21(23)13-25(38-26)40(28,35)36)24(31)14-29-27(32)37-15-22-19-10-6-4-8-17(19)18-9-5-7-11-20(18)22/h4-11,13,16,22-23H,3,12,14-15H2,1-2H3,(H,29,32)(H2,28,35,36)/t16-,23-/m0/s1. The molecule has 5 rings (SSSR count). The Labute approximate surface area is 237 Å². The van der Waals surface area contributed by atoms with Gasteiger partial charge in [0.15, 0.2) is 9.84 Å². The molecule has 3 N–H and O–H groups in total. The third-order valence-corrected chi connectivity index (χ3v) is 12.8. The summed E-state index contributed by atoms with van der Waals surface area (Å²) in [5, 5.41) is 6.93. The molecule has 0 spiro atoms. The van der Waals surface area contributed by atoms with Crippen molar-refractivity contribution in [3.8, 4) is 11.1 Å². The predicted molar refractivity (Wildman–Crippen MR) is 150 cm³/mol. The SMILES string of the molecule is CCN(C(=O)CNC(=O)OCC1c2ccccc2-c2ccccc21)[C@H]1C[C@H](C)S(=O)(=O)c2sc(S(N)(=O)=O)cc21. The largest absolute Gasteiger partial charge is 0.449 e. The summed E-state index contributed by atoms with van der Waals surface area (Å²) >= 11 is 0.595. The Morgan fingerprint density at radius 1 is 1.07 bits per heavy atom. The van der Waals surface area contributed by atoms with Gasteiger partial charge < -0.3 is 15.0 Å². The Balaban J connectivity index is 1.27. The summed E-state index contributed by atoms with van der Waals surface area (Å²) < 4.78 is 54.9. The second-order valence-electron chi connectivity index (χ2n) is 9.82. The number of nitrogens with two attached hydrogens (primary N) is 1. The van der Waals surface area contributed by atoms with Crippen LogP contribution in [0.2, 0.25) is 0 Å². The van der Waals surface area contributed by atoms with Crippen molar-refractivity contribution < 1.29 is 31.2 Å². The Bertz CT molecular complexity index is 1650. The van der Waals surface area contributed by atoms with Crippen molar-refractivity contribution in [2.45, 2.75) is 45.9 Å². The average Bonchev–Trinajstić information content (AvgIpc) is 3.51. The molecule has 10 nitrogen and oxygen atoms in total. The van der Waals surface area contributed by atoms with Crippen LogP contribution in [0.3, 0.4) is 0 Å². The van der Waals surface area contributed by atoms with Crippen LogP contribution in [0.1, 0.15) is 48.9 Å². The van der Waals surface area contributed by atoms with Gasteiger partial charge in [-0.3, -0.25) is 4.79 Å². The highest BCUT2D eigenvalue weighted by atomic mass is 32.3. The average molecular weight is 604 g/mol. The number of likely N-dealkylation sites (N-methyl/N-ethyl adjacent to an activating group) is 1. The summed E-state index contributed by atoms with van der Waals surface area (Å²) in [7, 11) is -7.91. The molecule has 2 aliphatic rings. The van der Waals surface area contributed by atoms with E-state index in [1.165, 1.54) is 17.9 Å². The summed E-state index contributed by atoms with van der Waals surface area (Å²) in [6.07, 6.45) is -0.667. The number of sulfonamides is 1. The maximum Gasteiger partial charge on any atom is 0.407 e. The van der Waals surface area contributed by atoms with E-state index in [2.05, 4.69) is 5.32 Å². The van der Waals surface area contributed by atoms with Gasteiger partial charge in [-0.05, 0) is 48.6 Å². The van der Waals surface area contributed by atoms with Crippen molar-refractivity contribution in [2.75, 3.05) is 19.7 Å². The van der Waals surface area contributed by atoms with Crippen LogP contribution in [0.5, 0.6) is 0 Å². The lowest BCUT2D eigenvalue weighted by atomic mass is 9.98. The highest BCUT2D eigenvalue weighted by Crippen LogP contribution is 2.46. The molecule has 2 atom stereocenters. The van der Waals surface area contributed by atoms with Crippen molar-refractivity contribution >= 4 is 43.2 Å². The molecular weight excluding hydrogens is 575 g/mol. The van der Waals surface area contributed by atoms with Gasteiger partial charge in [-0.15, -0.1) is 11.3 Å². The van der Waals surface area contributed by atoms with Crippen molar-refractivity contribution in [1.29, 1.82) is 0 Å². The molecule has 0 radical (unpaired) electrons. The first-order valence-electron chi connectivity index (χ1n) is 12.7. The highest BCUT2D eigenvalue weighted by Gasteiger charge is 2.42. The van der Waals surface area contributed by atoms with Gasteiger partial charge in [-0.2, -0.15) is 0 Å². The molecule has 1 aliphatic carbocycles. The quantitative estimate of drug-likeness (QED) is 0.420. The smallest absolute Gasteiger partial charge is 0.407 e. The number of amides is 2. The van der Waals surface area contributed by atoms with E-state index in [1.807, 2.05) is 48.5 Å². The summed E-state index contributed by atoms with van der Waals surface area (Å²) in [5.74, 6) is -0.585. The van der Waals surface area contributed by atoms with E-state index in [4.69, 9.17) is 9.88 Å². The number of nitrogens with zero attached hydrogens (tertiary/aromatic N) is 1. The maximum absolute atomic E-state index is 13.2. The molecule has 2 heterocycles.